The third kappa shape index (κ3) is 1180. The van der Waals surface area contributed by atoms with E-state index in [1.54, 1.807) is 0 Å². The van der Waals surface area contributed by atoms with Crippen molar-refractivity contribution in [2.24, 2.45) is 0 Å². The normalized spacial score (nSPS) is 2.07. The van der Waals surface area contributed by atoms with Gasteiger partial charge in [-0.25, -0.2) is 5.26 Å². The minimum Gasteiger partial charge on any atom is -0.812 e. The van der Waals surface area contributed by atoms with Crippen LogP contribution in [0, 0.1) is 92.1 Å². The quantitative estimate of drug-likeness (QED) is 0.123. The van der Waals surface area contributed by atoms with Gasteiger partial charge in [0.25, 0.3) is 43.8 Å². The van der Waals surface area contributed by atoms with E-state index in [0.29, 0.717) is 6.26 Å². The predicted molar refractivity (Wildman–Crippen MR) is 58.5 cm³/mol. The van der Waals surface area contributed by atoms with Crippen molar-refractivity contribution in [3.63, 3.8) is 0 Å². The van der Waals surface area contributed by atoms with Gasteiger partial charge >= 0.3 is 51.4 Å². The average Bonchev–Trinajstić information content (AvgIpc) is 2.45. The first-order valence-corrected chi connectivity index (χ1v) is 3.56. The van der Waals surface area contributed by atoms with E-state index < -0.39 is 0 Å². The van der Waals surface area contributed by atoms with Crippen LogP contribution >= 0.6 is 0 Å². The summed E-state index contributed by atoms with van der Waals surface area (Å²) in [6, 6.07) is 0. The Hall–Kier alpha value is -2.94. The molecule has 0 bridgehead atoms. The number of hydrogen-bond acceptors (Lipinski definition) is 16. The Morgan fingerprint density at radius 1 is 0.444 bits per heavy atom. The van der Waals surface area contributed by atoms with Gasteiger partial charge in [0.15, 0.2) is 0 Å². The summed E-state index contributed by atoms with van der Waals surface area (Å²) in [7, 11) is 0. The van der Waals surface area contributed by atoms with Gasteiger partial charge in [-0.05, 0) is 0 Å². The molecule has 0 atom stereocenters. The minimum absolute atomic E-state index is 0. The molecule has 27 heavy (non-hydrogen) atoms. The number of aliphatic hydroxyl groups excluding tert-OH is 7. The first kappa shape index (κ1) is 75.0. The summed E-state index contributed by atoms with van der Waals surface area (Å²) in [6.07, 6.45) is 5.75. The van der Waals surface area contributed by atoms with Crippen LogP contribution in [0.3, 0.4) is 0 Å². The number of nitriles is 8. The van der Waals surface area contributed by atoms with Crippen LogP contribution in [0.15, 0.2) is 0 Å². The van der Waals surface area contributed by atoms with Gasteiger partial charge in [-0.15, -0.1) is 0 Å². The van der Waals surface area contributed by atoms with Crippen LogP contribution in [0.5, 0.6) is 0 Å². The Morgan fingerprint density at radius 3 is 0.444 bits per heavy atom. The van der Waals surface area contributed by atoms with Crippen molar-refractivity contribution in [3.8, 4) is 50.0 Å². The molecule has 0 spiro atoms. The van der Waals surface area contributed by atoms with Crippen molar-refractivity contribution in [2.45, 2.75) is 0 Å². The van der Waals surface area contributed by atoms with E-state index in [1.165, 1.54) is 0 Å². The Labute approximate surface area is 217 Å². The molecule has 0 aliphatic carbocycles. The molecule has 0 rings (SSSR count). The Balaban J connectivity index is -0.0000000119. The van der Waals surface area contributed by atoms with Crippen LogP contribution in [0.25, 0.3) is 0 Å². The van der Waals surface area contributed by atoms with E-state index in [-0.39, 0.29) is 87.0 Å². The third-order valence-electron chi connectivity index (χ3n) is 0. The Morgan fingerprint density at radius 2 is 0.444 bits per heavy atom. The molecule has 0 aliphatic heterocycles. The van der Waals surface area contributed by atoms with Crippen molar-refractivity contribution in [1.29, 1.82) is 42.1 Å². The molecule has 1 radical (unpaired) electrons. The maximum atomic E-state index is 8.24. The van der Waals surface area contributed by atoms with Gasteiger partial charge in [-0.3, -0.25) is 0 Å². The first-order valence-electron chi connectivity index (χ1n) is 3.56. The van der Waals surface area contributed by atoms with Crippen molar-refractivity contribution < 1.29 is 128 Å². The smallest absolute Gasteiger partial charge is 0.812 e. The Bertz CT molecular complexity index is 372. The molecule has 0 fully saturated rings. The second-order valence-corrected chi connectivity index (χ2v) is 0.791. The van der Waals surface area contributed by atoms with Crippen LogP contribution in [-0.2, 0) is 35.6 Å². The predicted octanol–water partition coefficient (Wildman–Crippen LogP) is -5.29. The van der Waals surface area contributed by atoms with Crippen LogP contribution in [-0.4, -0.2) is 35.7 Å². The molecule has 0 amide bonds. The molecule has 0 saturated heterocycles. The first-order chi connectivity index (χ1) is 11.3. The molecule has 16 nitrogen and oxygen atoms in total. The zero-order valence-electron chi connectivity index (χ0n) is 12.9. The second-order valence-electron chi connectivity index (χ2n) is 0.791. The van der Waals surface area contributed by atoms with Gasteiger partial charge in [-0.1, -0.05) is 0 Å². The number of nitrogens with zero attached hydrogens (tertiary/aromatic N) is 8. The van der Waals surface area contributed by atoms with Crippen molar-refractivity contribution in [1.82, 2.24) is 0 Å². The van der Waals surface area contributed by atoms with Crippen LogP contribution in [0.2, 0.25) is 0 Å². The zero-order valence-corrected chi connectivity index (χ0v) is 18.5. The molecular formula is C8H7FeKN8O8V. The molecule has 0 heterocycles. The summed E-state index contributed by atoms with van der Waals surface area (Å²) in [5.74, 6) is 0. The van der Waals surface area contributed by atoms with E-state index >= 15 is 0 Å². The van der Waals surface area contributed by atoms with Crippen molar-refractivity contribution in [3.05, 3.63) is 0 Å². The van der Waals surface area contributed by atoms with Crippen LogP contribution < -0.4 is 56.5 Å². The van der Waals surface area contributed by atoms with Gasteiger partial charge in [0.05, 0.1) is 0 Å². The van der Waals surface area contributed by atoms with Gasteiger partial charge in [-0.2, -0.15) is 36.8 Å². The van der Waals surface area contributed by atoms with Crippen molar-refractivity contribution >= 4 is 0 Å². The zero-order chi connectivity index (χ0) is 21.7. The minimum atomic E-state index is 0. The van der Waals surface area contributed by atoms with E-state index in [9.17, 15) is 0 Å². The molecule has 0 aromatic rings. The monoisotopic (exact) mass is 489 g/mol. The topological polar surface area (TPSA) is 355 Å². The van der Waals surface area contributed by atoms with Gasteiger partial charge in [0.1, 0.15) is 0 Å². The Kier molecular flexibility index (Phi) is 1220. The van der Waals surface area contributed by atoms with Gasteiger partial charge in [0.2, 0.25) is 0 Å². The largest absolute Gasteiger partial charge is 1.00 e. The maximum Gasteiger partial charge on any atom is 1.00 e. The molecule has 0 aliphatic rings. The summed E-state index contributed by atoms with van der Waals surface area (Å²) in [5, 5.41) is 111. The molecule has 0 aromatic carbocycles. The fraction of sp³-hybridized carbons (Fsp3) is 0. The summed E-state index contributed by atoms with van der Waals surface area (Å²) in [5.41, 5.74) is 0. The maximum absolute atomic E-state index is 8.24. The summed E-state index contributed by atoms with van der Waals surface area (Å²) < 4.78 is 0. The SMILES string of the molecule is N#CO.N#CO.N#CO.N#CO.N#CO.N#CO.N#CO.N#C[O-].[Fe].[K+].[V]. The van der Waals surface area contributed by atoms with E-state index in [4.69, 9.17) is 82.9 Å². The molecule has 19 heteroatoms. The van der Waals surface area contributed by atoms with Gasteiger partial charge < -0.3 is 40.9 Å². The second kappa shape index (κ2) is 438. The van der Waals surface area contributed by atoms with E-state index in [2.05, 4.69) is 0 Å². The third-order valence-corrected chi connectivity index (χ3v) is 0. The van der Waals surface area contributed by atoms with E-state index in [1.807, 2.05) is 0 Å². The summed E-state index contributed by atoms with van der Waals surface area (Å²) in [4.78, 5) is 0. The summed E-state index contributed by atoms with van der Waals surface area (Å²) >= 11 is 0. The molecule has 0 unspecified atom stereocenters. The number of hydrogen-bond donors (Lipinski definition) is 7. The summed E-state index contributed by atoms with van der Waals surface area (Å²) in [6.45, 7) is 0. The van der Waals surface area contributed by atoms with E-state index in [0.717, 1.165) is 43.8 Å². The van der Waals surface area contributed by atoms with Crippen LogP contribution in [0.1, 0.15) is 0 Å². The fourth-order valence-corrected chi connectivity index (χ4v) is 0. The number of aliphatic hydroxyl groups is 7. The average molecular weight is 489 g/mol. The standard InChI is InChI=1S/8CHNO.Fe.K.V/c8*2-1-3;;;/h8*3H;;;/q;;;;;;;;;+1;/p-1. The van der Waals surface area contributed by atoms with Crippen molar-refractivity contribution in [2.75, 3.05) is 0 Å². The fourth-order valence-electron chi connectivity index (χ4n) is 0. The molecule has 7 N–H and O–H groups in total. The molecular weight excluding hydrogens is 482 g/mol. The molecule has 141 valence electrons. The van der Waals surface area contributed by atoms with Crippen LogP contribution in [0.4, 0.5) is 0 Å². The van der Waals surface area contributed by atoms with Gasteiger partial charge in [0, 0.05) is 41.9 Å². The molecule has 0 aromatic heterocycles. The molecule has 0 saturated carbocycles. The number of rotatable bonds is 0.